The molecule has 0 atom stereocenters. The summed E-state index contributed by atoms with van der Waals surface area (Å²) in [4.78, 5) is 15.9. The van der Waals surface area contributed by atoms with E-state index < -0.39 is 11.7 Å². The maximum atomic E-state index is 13.2. The molecule has 0 spiro atoms. The largest absolute Gasteiger partial charge is 0.416 e. The van der Waals surface area contributed by atoms with E-state index in [1.54, 1.807) is 13.2 Å². The van der Waals surface area contributed by atoms with Crippen molar-refractivity contribution < 1.29 is 22.7 Å². The van der Waals surface area contributed by atoms with Crippen molar-refractivity contribution in [1.82, 2.24) is 4.90 Å². The molecule has 1 heterocycles. The van der Waals surface area contributed by atoms with E-state index in [0.29, 0.717) is 25.2 Å². The van der Waals surface area contributed by atoms with Crippen molar-refractivity contribution in [3.8, 4) is 6.07 Å². The van der Waals surface area contributed by atoms with Gasteiger partial charge in [-0.1, -0.05) is 32.1 Å². The zero-order valence-corrected chi connectivity index (χ0v) is 20.1. The third-order valence-electron chi connectivity index (χ3n) is 7.30. The van der Waals surface area contributed by atoms with Crippen LogP contribution in [0.15, 0.2) is 18.2 Å². The van der Waals surface area contributed by atoms with Crippen LogP contribution in [0, 0.1) is 23.2 Å². The standard InChI is InChI=1S/C26H36F3N3O2/c1-34-19-25(33)4-2-3-20-5-7-21(8-6-20)9-10-31-11-13-32(14-12-31)24-16-22(18-30)15-23(17-24)26(27,28)29/h15-17,20-21H,2-14,19H2,1H3. The Hall–Kier alpha value is -2.11. The van der Waals surface area contributed by atoms with Crippen LogP contribution in [-0.4, -0.2) is 57.1 Å². The summed E-state index contributed by atoms with van der Waals surface area (Å²) in [5.74, 6) is 1.67. The lowest BCUT2D eigenvalue weighted by atomic mass is 9.78. The molecule has 0 unspecified atom stereocenters. The van der Waals surface area contributed by atoms with Crippen LogP contribution in [0.25, 0.3) is 0 Å². The molecule has 1 saturated heterocycles. The SMILES string of the molecule is COCC(=O)CCCC1CCC(CCN2CCN(c3cc(C#N)cc(C(F)(F)F)c3)CC2)CC1. The van der Waals surface area contributed by atoms with Gasteiger partial charge in [0.15, 0.2) is 5.78 Å². The Morgan fingerprint density at radius 3 is 2.29 bits per heavy atom. The maximum absolute atomic E-state index is 13.2. The lowest BCUT2D eigenvalue weighted by molar-refractivity contribution is -0.137. The second kappa shape index (κ2) is 12.6. The van der Waals surface area contributed by atoms with E-state index in [-0.39, 0.29) is 18.0 Å². The third-order valence-corrected chi connectivity index (χ3v) is 7.30. The fraction of sp³-hybridized carbons (Fsp3) is 0.692. The van der Waals surface area contributed by atoms with Crippen molar-refractivity contribution in [2.24, 2.45) is 11.8 Å². The summed E-state index contributed by atoms with van der Waals surface area (Å²) in [5, 5.41) is 9.12. The fourth-order valence-corrected chi connectivity index (χ4v) is 5.25. The van der Waals surface area contributed by atoms with Crippen LogP contribution in [0.3, 0.4) is 0 Å². The van der Waals surface area contributed by atoms with E-state index in [9.17, 15) is 18.0 Å². The van der Waals surface area contributed by atoms with Crippen molar-refractivity contribution >= 4 is 11.5 Å². The number of anilines is 1. The molecule has 1 aromatic carbocycles. The molecule has 1 aliphatic heterocycles. The number of methoxy groups -OCH3 is 1. The first-order chi connectivity index (χ1) is 16.3. The Balaban J connectivity index is 1.37. The van der Waals surface area contributed by atoms with Crippen molar-refractivity contribution in [3.63, 3.8) is 0 Å². The summed E-state index contributed by atoms with van der Waals surface area (Å²) in [7, 11) is 1.56. The third kappa shape index (κ3) is 7.99. The number of ether oxygens (including phenoxy) is 1. The van der Waals surface area contributed by atoms with Crippen molar-refractivity contribution in [1.29, 1.82) is 5.26 Å². The Morgan fingerprint density at radius 2 is 1.71 bits per heavy atom. The first kappa shape index (κ1) is 26.5. The van der Waals surface area contributed by atoms with Crippen molar-refractivity contribution in [2.45, 2.75) is 57.5 Å². The molecular formula is C26H36F3N3O2. The molecule has 8 heteroatoms. The summed E-state index contributed by atoms with van der Waals surface area (Å²) in [6.07, 6.45) is 4.41. The molecule has 0 radical (unpaired) electrons. The Morgan fingerprint density at radius 1 is 1.06 bits per heavy atom. The van der Waals surface area contributed by atoms with E-state index in [0.717, 1.165) is 56.4 Å². The number of benzene rings is 1. The number of carbonyl (C=O) groups excluding carboxylic acids is 1. The van der Waals surface area contributed by atoms with Gasteiger partial charge < -0.3 is 9.64 Å². The molecule has 188 valence electrons. The summed E-state index contributed by atoms with van der Waals surface area (Å²) < 4.78 is 44.4. The van der Waals surface area contributed by atoms with Crippen LogP contribution < -0.4 is 4.90 Å². The second-order valence-electron chi connectivity index (χ2n) is 9.75. The van der Waals surface area contributed by atoms with E-state index >= 15 is 0 Å². The van der Waals surface area contributed by atoms with Gasteiger partial charge in [0, 0.05) is 45.4 Å². The second-order valence-corrected chi connectivity index (χ2v) is 9.75. The summed E-state index contributed by atoms with van der Waals surface area (Å²) >= 11 is 0. The van der Waals surface area contributed by atoms with Crippen molar-refractivity contribution in [3.05, 3.63) is 29.3 Å². The molecule has 1 saturated carbocycles. The highest BCUT2D eigenvalue weighted by Crippen LogP contribution is 2.35. The molecule has 3 rings (SSSR count). The number of hydrogen-bond donors (Lipinski definition) is 0. The number of halogens is 3. The number of hydrogen-bond acceptors (Lipinski definition) is 5. The number of rotatable bonds is 10. The lowest BCUT2D eigenvalue weighted by Crippen LogP contribution is -2.47. The van der Waals surface area contributed by atoms with Crippen LogP contribution in [-0.2, 0) is 15.7 Å². The summed E-state index contributed by atoms with van der Waals surface area (Å²) in [6.45, 7) is 4.23. The highest BCUT2D eigenvalue weighted by atomic mass is 19.4. The fourth-order valence-electron chi connectivity index (χ4n) is 5.25. The zero-order chi connectivity index (χ0) is 24.6. The molecule has 2 fully saturated rings. The van der Waals surface area contributed by atoms with Gasteiger partial charge in [0.25, 0.3) is 0 Å². The molecule has 0 amide bonds. The minimum Gasteiger partial charge on any atom is -0.377 e. The maximum Gasteiger partial charge on any atom is 0.416 e. The normalized spacial score (nSPS) is 21.9. The molecule has 0 N–H and O–H groups in total. The molecule has 2 aliphatic rings. The van der Waals surface area contributed by atoms with Gasteiger partial charge in [0.2, 0.25) is 0 Å². The van der Waals surface area contributed by atoms with Gasteiger partial charge in [0.05, 0.1) is 17.2 Å². The van der Waals surface area contributed by atoms with Gasteiger partial charge >= 0.3 is 6.18 Å². The lowest BCUT2D eigenvalue weighted by Gasteiger charge is -2.37. The molecule has 1 aliphatic carbocycles. The number of nitriles is 1. The Bertz CT molecular complexity index is 837. The average molecular weight is 480 g/mol. The monoisotopic (exact) mass is 479 g/mol. The van der Waals surface area contributed by atoms with Gasteiger partial charge in [-0.25, -0.2) is 0 Å². The van der Waals surface area contributed by atoms with E-state index in [2.05, 4.69) is 4.90 Å². The van der Waals surface area contributed by atoms with Gasteiger partial charge in [-0.3, -0.25) is 9.69 Å². The predicted molar refractivity (Wildman–Crippen MR) is 126 cm³/mol. The quantitative estimate of drug-likeness (QED) is 0.457. The Labute approximate surface area is 200 Å². The molecule has 34 heavy (non-hydrogen) atoms. The van der Waals surface area contributed by atoms with Crippen LogP contribution in [0.4, 0.5) is 18.9 Å². The smallest absolute Gasteiger partial charge is 0.377 e. The summed E-state index contributed by atoms with van der Waals surface area (Å²) in [5.41, 5.74) is -0.237. The number of carbonyl (C=O) groups is 1. The molecule has 5 nitrogen and oxygen atoms in total. The molecule has 1 aromatic rings. The minimum atomic E-state index is -4.45. The predicted octanol–water partition coefficient (Wildman–Crippen LogP) is 5.28. The Kier molecular flexibility index (Phi) is 9.78. The molecular weight excluding hydrogens is 443 g/mol. The van der Waals surface area contributed by atoms with Crippen LogP contribution >= 0.6 is 0 Å². The van der Waals surface area contributed by atoms with Crippen LogP contribution in [0.5, 0.6) is 0 Å². The number of alkyl halides is 3. The van der Waals surface area contributed by atoms with Crippen LogP contribution in [0.1, 0.15) is 62.5 Å². The van der Waals surface area contributed by atoms with Crippen LogP contribution in [0.2, 0.25) is 0 Å². The highest BCUT2D eigenvalue weighted by molar-refractivity contribution is 5.79. The first-order valence-corrected chi connectivity index (χ1v) is 12.4. The van der Waals surface area contributed by atoms with Crippen molar-refractivity contribution in [2.75, 3.05) is 51.3 Å². The van der Waals surface area contributed by atoms with E-state index in [4.69, 9.17) is 10.00 Å². The highest BCUT2D eigenvalue weighted by Gasteiger charge is 2.32. The summed E-state index contributed by atoms with van der Waals surface area (Å²) in [6, 6.07) is 5.47. The molecule has 0 bridgehead atoms. The van der Waals surface area contributed by atoms with Gasteiger partial charge in [-0.15, -0.1) is 0 Å². The van der Waals surface area contributed by atoms with Gasteiger partial charge in [-0.2, -0.15) is 18.4 Å². The minimum absolute atomic E-state index is 0.0458. The van der Waals surface area contributed by atoms with Gasteiger partial charge in [0.1, 0.15) is 6.61 Å². The number of piperazine rings is 1. The number of nitrogens with zero attached hydrogens (tertiary/aromatic N) is 3. The first-order valence-electron chi connectivity index (χ1n) is 12.4. The average Bonchev–Trinajstić information content (AvgIpc) is 2.83. The number of ketones is 1. The van der Waals surface area contributed by atoms with E-state index in [1.807, 2.05) is 11.0 Å². The van der Waals surface area contributed by atoms with Gasteiger partial charge in [-0.05, 0) is 49.4 Å². The molecule has 0 aromatic heterocycles. The zero-order valence-electron chi connectivity index (χ0n) is 20.1. The topological polar surface area (TPSA) is 56.6 Å². The van der Waals surface area contributed by atoms with E-state index in [1.165, 1.54) is 32.1 Å². The number of Topliss-reactive ketones (excluding diaryl/α,β-unsaturated/α-hetero) is 1.